The number of aromatic nitrogens is 1. The summed E-state index contributed by atoms with van der Waals surface area (Å²) < 4.78 is 0. The maximum Gasteiger partial charge on any atom is 0.259 e. The number of anilines is 2. The zero-order chi connectivity index (χ0) is 20.4. The first kappa shape index (κ1) is 19.3. The quantitative estimate of drug-likeness (QED) is 0.636. The summed E-state index contributed by atoms with van der Waals surface area (Å²) in [7, 11) is 0. The minimum Gasteiger partial charge on any atom is -0.320 e. The highest BCUT2D eigenvalue weighted by Crippen LogP contribution is 2.40. The highest BCUT2D eigenvalue weighted by molar-refractivity contribution is 7.17. The second-order valence-corrected chi connectivity index (χ2v) is 8.68. The fraction of sp³-hybridized carbons (Fsp3) is 0.261. The normalized spacial score (nSPS) is 15.4. The molecule has 0 spiro atoms. The van der Waals surface area contributed by atoms with E-state index in [4.69, 9.17) is 0 Å². The first-order valence-corrected chi connectivity index (χ1v) is 10.6. The third kappa shape index (κ3) is 4.22. The molecule has 0 saturated heterocycles. The minimum absolute atomic E-state index is 0.198. The Morgan fingerprint density at radius 3 is 2.76 bits per heavy atom. The lowest BCUT2D eigenvalue weighted by Crippen LogP contribution is -2.19. The van der Waals surface area contributed by atoms with Crippen LogP contribution in [0.1, 0.15) is 50.1 Å². The molecule has 0 aliphatic heterocycles. The molecule has 2 N–H and O–H groups in total. The number of thiophene rings is 1. The zero-order valence-electron chi connectivity index (χ0n) is 16.5. The van der Waals surface area contributed by atoms with Crippen molar-refractivity contribution >= 4 is 33.8 Å². The van der Waals surface area contributed by atoms with E-state index < -0.39 is 0 Å². The fourth-order valence-electron chi connectivity index (χ4n) is 3.67. The van der Waals surface area contributed by atoms with Gasteiger partial charge in [-0.1, -0.05) is 24.6 Å². The smallest absolute Gasteiger partial charge is 0.259 e. The maximum absolute atomic E-state index is 13.1. The Morgan fingerprint density at radius 2 is 2.00 bits per heavy atom. The lowest BCUT2D eigenvalue weighted by atomic mass is 9.88. The standard InChI is InChI=1S/C23H23N3O2S/c1-14-5-3-6-16(11-14)21(27)26-23-20(18-9-8-15(2)12-19(18)29-23)22(28)25-17-7-4-10-24-13-17/h3-7,10-11,13,15H,8-9,12H2,1-2H3,(H,25,28)(H,26,27). The molecule has 3 aromatic rings. The third-order valence-corrected chi connectivity index (χ3v) is 6.34. The summed E-state index contributed by atoms with van der Waals surface area (Å²) in [6, 6.07) is 11.0. The molecule has 0 saturated carbocycles. The van der Waals surface area contributed by atoms with Crippen LogP contribution in [0, 0.1) is 12.8 Å². The van der Waals surface area contributed by atoms with Crippen LogP contribution in [0.2, 0.25) is 0 Å². The molecule has 0 bridgehead atoms. The number of carbonyl (C=O) groups excluding carboxylic acids is 2. The summed E-state index contributed by atoms with van der Waals surface area (Å²) >= 11 is 1.52. The summed E-state index contributed by atoms with van der Waals surface area (Å²) in [5.74, 6) is 0.177. The molecule has 1 aliphatic carbocycles. The Bertz CT molecular complexity index is 1060. The van der Waals surface area contributed by atoms with Gasteiger partial charge < -0.3 is 10.6 Å². The molecule has 1 unspecified atom stereocenters. The van der Waals surface area contributed by atoms with Gasteiger partial charge in [0.2, 0.25) is 0 Å². The van der Waals surface area contributed by atoms with Crippen molar-refractivity contribution in [1.82, 2.24) is 4.98 Å². The number of hydrogen-bond donors (Lipinski definition) is 2. The number of fused-ring (bicyclic) bond motifs is 1. The number of nitrogens with zero attached hydrogens (tertiary/aromatic N) is 1. The van der Waals surface area contributed by atoms with Crippen LogP contribution in [0.4, 0.5) is 10.7 Å². The average molecular weight is 406 g/mol. The van der Waals surface area contributed by atoms with Gasteiger partial charge in [-0.05, 0) is 61.9 Å². The average Bonchev–Trinajstić information content (AvgIpc) is 3.05. The van der Waals surface area contributed by atoms with E-state index in [2.05, 4.69) is 22.5 Å². The SMILES string of the molecule is Cc1cccc(C(=O)Nc2sc3c(c2C(=O)Nc2cccnc2)CCC(C)C3)c1. The molecule has 1 atom stereocenters. The van der Waals surface area contributed by atoms with Crippen molar-refractivity contribution in [3.63, 3.8) is 0 Å². The molecule has 0 fully saturated rings. The van der Waals surface area contributed by atoms with Crippen molar-refractivity contribution in [1.29, 1.82) is 0 Å². The summed E-state index contributed by atoms with van der Waals surface area (Å²) in [4.78, 5) is 31.2. The Hall–Kier alpha value is -2.99. The number of benzene rings is 1. The van der Waals surface area contributed by atoms with Crippen LogP contribution in [0.3, 0.4) is 0 Å². The van der Waals surface area contributed by atoms with Crippen molar-refractivity contribution < 1.29 is 9.59 Å². The van der Waals surface area contributed by atoms with Crippen LogP contribution in [-0.4, -0.2) is 16.8 Å². The van der Waals surface area contributed by atoms with Gasteiger partial charge in [0.25, 0.3) is 11.8 Å². The van der Waals surface area contributed by atoms with Gasteiger partial charge in [-0.25, -0.2) is 0 Å². The second kappa shape index (κ2) is 8.17. The number of rotatable bonds is 4. The van der Waals surface area contributed by atoms with E-state index in [1.54, 1.807) is 30.6 Å². The van der Waals surface area contributed by atoms with Crippen molar-refractivity contribution in [2.45, 2.75) is 33.1 Å². The van der Waals surface area contributed by atoms with E-state index >= 15 is 0 Å². The Kier molecular flexibility index (Phi) is 5.45. The molecule has 29 heavy (non-hydrogen) atoms. The van der Waals surface area contributed by atoms with Gasteiger partial charge in [0.1, 0.15) is 5.00 Å². The lowest BCUT2D eigenvalue weighted by Gasteiger charge is -2.18. The lowest BCUT2D eigenvalue weighted by molar-refractivity contribution is 0.102. The molecule has 1 aromatic carbocycles. The zero-order valence-corrected chi connectivity index (χ0v) is 17.3. The molecule has 6 heteroatoms. The molecule has 1 aliphatic rings. The van der Waals surface area contributed by atoms with E-state index in [1.165, 1.54) is 16.2 Å². The van der Waals surface area contributed by atoms with E-state index in [0.717, 1.165) is 30.4 Å². The number of carbonyl (C=O) groups is 2. The van der Waals surface area contributed by atoms with Gasteiger partial charge >= 0.3 is 0 Å². The van der Waals surface area contributed by atoms with Crippen LogP contribution in [-0.2, 0) is 12.8 Å². The van der Waals surface area contributed by atoms with E-state index in [0.29, 0.717) is 27.7 Å². The number of amides is 2. The van der Waals surface area contributed by atoms with Crippen LogP contribution < -0.4 is 10.6 Å². The first-order chi connectivity index (χ1) is 14.0. The van der Waals surface area contributed by atoms with E-state index in [1.807, 2.05) is 25.1 Å². The summed E-state index contributed by atoms with van der Waals surface area (Å²) in [5, 5.41) is 6.54. The molecule has 5 nitrogen and oxygen atoms in total. The third-order valence-electron chi connectivity index (χ3n) is 5.17. The van der Waals surface area contributed by atoms with Crippen LogP contribution in [0.5, 0.6) is 0 Å². The van der Waals surface area contributed by atoms with Gasteiger partial charge in [0, 0.05) is 16.6 Å². The Morgan fingerprint density at radius 1 is 1.14 bits per heavy atom. The highest BCUT2D eigenvalue weighted by atomic mass is 32.1. The molecule has 148 valence electrons. The molecule has 4 rings (SSSR count). The van der Waals surface area contributed by atoms with Crippen LogP contribution in [0.15, 0.2) is 48.8 Å². The molecular formula is C23H23N3O2S. The van der Waals surface area contributed by atoms with Crippen molar-refractivity contribution in [3.8, 4) is 0 Å². The van der Waals surface area contributed by atoms with Crippen LogP contribution >= 0.6 is 11.3 Å². The largest absolute Gasteiger partial charge is 0.320 e. The topological polar surface area (TPSA) is 71.1 Å². The summed E-state index contributed by atoms with van der Waals surface area (Å²) in [6.45, 7) is 4.18. The van der Waals surface area contributed by atoms with Gasteiger partial charge in [0.05, 0.1) is 17.4 Å². The van der Waals surface area contributed by atoms with Gasteiger partial charge in [-0.2, -0.15) is 0 Å². The highest BCUT2D eigenvalue weighted by Gasteiger charge is 2.28. The fourth-order valence-corrected chi connectivity index (χ4v) is 5.07. The Labute approximate surface area is 174 Å². The van der Waals surface area contributed by atoms with Gasteiger partial charge in [-0.3, -0.25) is 14.6 Å². The van der Waals surface area contributed by atoms with Crippen molar-refractivity contribution in [2.75, 3.05) is 10.6 Å². The number of hydrogen-bond acceptors (Lipinski definition) is 4. The molecule has 2 amide bonds. The molecular weight excluding hydrogens is 382 g/mol. The predicted octanol–water partition coefficient (Wildman–Crippen LogP) is 5.08. The van der Waals surface area contributed by atoms with Gasteiger partial charge in [0.15, 0.2) is 0 Å². The van der Waals surface area contributed by atoms with Gasteiger partial charge in [-0.15, -0.1) is 11.3 Å². The molecule has 2 heterocycles. The minimum atomic E-state index is -0.204. The second-order valence-electron chi connectivity index (χ2n) is 7.58. The number of aryl methyl sites for hydroxylation is 1. The van der Waals surface area contributed by atoms with Crippen molar-refractivity contribution in [3.05, 3.63) is 75.9 Å². The summed E-state index contributed by atoms with van der Waals surface area (Å²) in [6.07, 6.45) is 6.11. The first-order valence-electron chi connectivity index (χ1n) is 9.75. The predicted molar refractivity (Wildman–Crippen MR) is 117 cm³/mol. The number of nitrogens with one attached hydrogen (secondary N) is 2. The van der Waals surface area contributed by atoms with Crippen LogP contribution in [0.25, 0.3) is 0 Å². The maximum atomic E-state index is 13.1. The van der Waals surface area contributed by atoms with E-state index in [9.17, 15) is 9.59 Å². The molecule has 2 aromatic heterocycles. The monoisotopic (exact) mass is 405 g/mol. The summed E-state index contributed by atoms with van der Waals surface area (Å²) in [5.41, 5.74) is 3.89. The Balaban J connectivity index is 1.67. The molecule has 0 radical (unpaired) electrons. The van der Waals surface area contributed by atoms with E-state index in [-0.39, 0.29) is 11.8 Å². The van der Waals surface area contributed by atoms with Crippen molar-refractivity contribution in [2.24, 2.45) is 5.92 Å². The number of pyridine rings is 1.